The zero-order valence-electron chi connectivity index (χ0n) is 19.1. The SMILES string of the molecule is CCNC(=O)[C@H](C)N(Cc1ccc(Cl)c(Cl)c1)C(=O)CN(c1cc(Cl)ccc1OC)S(C)(=O)=O. The number of halogens is 3. The van der Waals surface area contributed by atoms with Crippen LogP contribution in [0.2, 0.25) is 15.1 Å². The van der Waals surface area contributed by atoms with Gasteiger partial charge in [-0.15, -0.1) is 0 Å². The second-order valence-corrected chi connectivity index (χ2v) is 10.6. The van der Waals surface area contributed by atoms with E-state index in [9.17, 15) is 18.0 Å². The topological polar surface area (TPSA) is 96.0 Å². The van der Waals surface area contributed by atoms with Crippen LogP contribution in [0, 0.1) is 0 Å². The van der Waals surface area contributed by atoms with Gasteiger partial charge in [0.05, 0.1) is 29.1 Å². The molecule has 0 heterocycles. The lowest BCUT2D eigenvalue weighted by molar-refractivity contribution is -0.139. The first kappa shape index (κ1) is 28.0. The van der Waals surface area contributed by atoms with E-state index < -0.39 is 28.5 Å². The van der Waals surface area contributed by atoms with Crippen molar-refractivity contribution in [2.45, 2.75) is 26.4 Å². The van der Waals surface area contributed by atoms with Crippen LogP contribution < -0.4 is 14.4 Å². The Morgan fingerprint density at radius 2 is 1.76 bits per heavy atom. The molecule has 0 unspecified atom stereocenters. The number of anilines is 1. The largest absolute Gasteiger partial charge is 0.495 e. The number of hydrogen-bond donors (Lipinski definition) is 1. The fourth-order valence-corrected chi connectivity index (χ4v) is 4.52. The monoisotopic (exact) mass is 549 g/mol. The first-order valence-electron chi connectivity index (χ1n) is 10.2. The average Bonchev–Trinajstić information content (AvgIpc) is 2.76. The molecule has 1 N–H and O–H groups in total. The Bertz CT molecular complexity index is 1160. The van der Waals surface area contributed by atoms with Gasteiger partial charge in [0.25, 0.3) is 0 Å². The smallest absolute Gasteiger partial charge is 0.244 e. The summed E-state index contributed by atoms with van der Waals surface area (Å²) in [5.41, 5.74) is 0.719. The van der Waals surface area contributed by atoms with Crippen molar-refractivity contribution in [1.82, 2.24) is 10.2 Å². The summed E-state index contributed by atoms with van der Waals surface area (Å²) in [6.07, 6.45) is 0.969. The molecule has 2 rings (SSSR count). The summed E-state index contributed by atoms with van der Waals surface area (Å²) in [5, 5.41) is 3.58. The van der Waals surface area contributed by atoms with Crippen molar-refractivity contribution in [3.63, 3.8) is 0 Å². The number of benzene rings is 2. The Balaban J connectivity index is 2.47. The molecule has 1 atom stereocenters. The summed E-state index contributed by atoms with van der Waals surface area (Å²) < 4.78 is 31.5. The lowest BCUT2D eigenvalue weighted by atomic mass is 10.1. The van der Waals surface area contributed by atoms with Gasteiger partial charge in [-0.25, -0.2) is 8.42 Å². The number of nitrogens with one attached hydrogen (secondary N) is 1. The van der Waals surface area contributed by atoms with Gasteiger partial charge < -0.3 is 15.0 Å². The van der Waals surface area contributed by atoms with E-state index in [1.807, 2.05) is 0 Å². The summed E-state index contributed by atoms with van der Waals surface area (Å²) in [5.74, 6) is -0.783. The highest BCUT2D eigenvalue weighted by molar-refractivity contribution is 7.92. The van der Waals surface area contributed by atoms with Gasteiger partial charge in [-0.3, -0.25) is 13.9 Å². The van der Waals surface area contributed by atoms with Crippen LogP contribution in [0.3, 0.4) is 0 Å². The molecule has 12 heteroatoms. The third-order valence-corrected chi connectivity index (χ3v) is 7.04. The standard InChI is InChI=1S/C22H26Cl3N3O5S/c1-5-26-22(30)14(2)27(12-15-6-8-17(24)18(25)10-15)21(29)13-28(34(4,31)32)19-11-16(23)7-9-20(19)33-3/h6-11,14H,5,12-13H2,1-4H3,(H,26,30)/t14-/m0/s1. The maximum Gasteiger partial charge on any atom is 0.244 e. The number of carbonyl (C=O) groups is 2. The summed E-state index contributed by atoms with van der Waals surface area (Å²) in [7, 11) is -2.55. The quantitative estimate of drug-likeness (QED) is 0.483. The highest BCUT2D eigenvalue weighted by Gasteiger charge is 2.31. The molecule has 8 nitrogen and oxygen atoms in total. The van der Waals surface area contributed by atoms with Crippen molar-refractivity contribution in [3.05, 3.63) is 57.0 Å². The molecule has 0 saturated heterocycles. The van der Waals surface area contributed by atoms with E-state index in [4.69, 9.17) is 39.5 Å². The molecule has 0 spiro atoms. The van der Waals surface area contributed by atoms with E-state index in [1.165, 1.54) is 24.1 Å². The highest BCUT2D eigenvalue weighted by atomic mass is 35.5. The molecular weight excluding hydrogens is 525 g/mol. The van der Waals surface area contributed by atoms with E-state index in [-0.39, 0.29) is 28.9 Å². The van der Waals surface area contributed by atoms with Crippen LogP contribution in [0.4, 0.5) is 5.69 Å². The third kappa shape index (κ3) is 7.15. The van der Waals surface area contributed by atoms with Crippen LogP contribution in [-0.4, -0.2) is 57.6 Å². The fourth-order valence-electron chi connectivity index (χ4n) is 3.19. The maximum absolute atomic E-state index is 13.5. The van der Waals surface area contributed by atoms with Gasteiger partial charge in [-0.05, 0) is 49.7 Å². The molecule has 186 valence electrons. The van der Waals surface area contributed by atoms with E-state index in [2.05, 4.69) is 5.32 Å². The van der Waals surface area contributed by atoms with E-state index in [0.29, 0.717) is 22.2 Å². The molecule has 0 aromatic heterocycles. The Morgan fingerprint density at radius 1 is 1.09 bits per heavy atom. The van der Waals surface area contributed by atoms with Crippen molar-refractivity contribution in [2.75, 3.05) is 30.8 Å². The summed E-state index contributed by atoms with van der Waals surface area (Å²) >= 11 is 18.2. The number of ether oxygens (including phenoxy) is 1. The molecule has 0 radical (unpaired) electrons. The normalized spacial score (nSPS) is 12.1. The third-order valence-electron chi connectivity index (χ3n) is 4.94. The maximum atomic E-state index is 13.5. The predicted octanol–water partition coefficient (Wildman–Crippen LogP) is 3.97. The summed E-state index contributed by atoms with van der Waals surface area (Å²) in [6, 6.07) is 8.38. The summed E-state index contributed by atoms with van der Waals surface area (Å²) in [6.45, 7) is 3.10. The van der Waals surface area contributed by atoms with Crippen LogP contribution in [0.5, 0.6) is 5.75 Å². The summed E-state index contributed by atoms with van der Waals surface area (Å²) in [4.78, 5) is 27.3. The molecule has 0 aliphatic carbocycles. The van der Waals surface area contributed by atoms with Gasteiger partial charge in [-0.1, -0.05) is 40.9 Å². The predicted molar refractivity (Wildman–Crippen MR) is 135 cm³/mol. The van der Waals surface area contributed by atoms with Gasteiger partial charge in [-0.2, -0.15) is 0 Å². The molecule has 2 aromatic rings. The van der Waals surface area contributed by atoms with Crippen LogP contribution in [0.1, 0.15) is 19.4 Å². The van der Waals surface area contributed by atoms with Crippen molar-refractivity contribution in [3.8, 4) is 5.75 Å². The minimum Gasteiger partial charge on any atom is -0.495 e. The number of rotatable bonds is 10. The van der Waals surface area contributed by atoms with Gasteiger partial charge >= 0.3 is 0 Å². The Labute approximate surface area is 214 Å². The molecule has 0 saturated carbocycles. The molecular formula is C22H26Cl3N3O5S. The van der Waals surface area contributed by atoms with Gasteiger partial charge in [0, 0.05) is 18.1 Å². The second kappa shape index (κ2) is 12.0. The van der Waals surface area contributed by atoms with E-state index in [1.54, 1.807) is 38.1 Å². The minimum atomic E-state index is -3.93. The Hall–Kier alpha value is -2.20. The van der Waals surface area contributed by atoms with Crippen LogP contribution in [0.25, 0.3) is 0 Å². The Morgan fingerprint density at radius 3 is 2.32 bits per heavy atom. The number of sulfonamides is 1. The number of hydrogen-bond acceptors (Lipinski definition) is 5. The molecule has 2 amide bonds. The first-order chi connectivity index (χ1) is 15.9. The number of amides is 2. The Kier molecular flexibility index (Phi) is 9.87. The molecule has 0 bridgehead atoms. The number of carbonyl (C=O) groups excluding carboxylic acids is 2. The van der Waals surface area contributed by atoms with Crippen LogP contribution >= 0.6 is 34.8 Å². The van der Waals surface area contributed by atoms with Crippen LogP contribution in [-0.2, 0) is 26.2 Å². The first-order valence-corrected chi connectivity index (χ1v) is 13.2. The number of methoxy groups -OCH3 is 1. The van der Waals surface area contributed by atoms with Crippen molar-refractivity contribution in [2.24, 2.45) is 0 Å². The average molecular weight is 551 g/mol. The number of nitrogens with zero attached hydrogens (tertiary/aromatic N) is 2. The molecule has 0 aliphatic heterocycles. The van der Waals surface area contributed by atoms with E-state index >= 15 is 0 Å². The van der Waals surface area contributed by atoms with Gasteiger partial charge in [0.2, 0.25) is 21.8 Å². The van der Waals surface area contributed by atoms with Crippen molar-refractivity contribution >= 4 is 62.3 Å². The zero-order chi connectivity index (χ0) is 25.6. The lowest BCUT2D eigenvalue weighted by Crippen LogP contribution is -2.51. The van der Waals surface area contributed by atoms with Gasteiger partial charge in [0.1, 0.15) is 18.3 Å². The molecule has 2 aromatic carbocycles. The van der Waals surface area contributed by atoms with Crippen molar-refractivity contribution < 1.29 is 22.7 Å². The van der Waals surface area contributed by atoms with E-state index in [0.717, 1.165) is 10.6 Å². The molecule has 34 heavy (non-hydrogen) atoms. The fraction of sp³-hybridized carbons (Fsp3) is 0.364. The van der Waals surface area contributed by atoms with Crippen molar-refractivity contribution in [1.29, 1.82) is 0 Å². The van der Waals surface area contributed by atoms with Gasteiger partial charge in [0.15, 0.2) is 0 Å². The minimum absolute atomic E-state index is 0.00168. The zero-order valence-corrected chi connectivity index (χ0v) is 22.2. The number of likely N-dealkylation sites (N-methyl/N-ethyl adjacent to an activating group) is 1. The van der Waals surface area contributed by atoms with Crippen LogP contribution in [0.15, 0.2) is 36.4 Å². The second-order valence-electron chi connectivity index (χ2n) is 7.43. The molecule has 0 aliphatic rings. The highest BCUT2D eigenvalue weighted by Crippen LogP contribution is 2.33. The molecule has 0 fully saturated rings. The lowest BCUT2D eigenvalue weighted by Gasteiger charge is -2.31.